The minimum absolute atomic E-state index is 0.0421. The van der Waals surface area contributed by atoms with Crippen LogP contribution in [0.3, 0.4) is 0 Å². The fourth-order valence-corrected chi connectivity index (χ4v) is 3.48. The maximum Gasteiger partial charge on any atom is 0.326 e. The molecule has 0 aliphatic rings. The first-order chi connectivity index (χ1) is 14.8. The molecule has 0 rings (SSSR count). The number of carbonyl (C=O) groups excluding carboxylic acids is 3. The van der Waals surface area contributed by atoms with E-state index < -0.39 is 54.0 Å². The number of nitrogens with two attached hydrogens (primary N) is 1. The molecule has 0 aliphatic heterocycles. The smallest absolute Gasteiger partial charge is 0.326 e. The molecular formula is C21H40N4O6S. The van der Waals surface area contributed by atoms with Crippen molar-refractivity contribution in [3.8, 4) is 0 Å². The van der Waals surface area contributed by atoms with Gasteiger partial charge >= 0.3 is 5.97 Å². The van der Waals surface area contributed by atoms with Crippen LogP contribution in [0.15, 0.2) is 0 Å². The molecule has 5 unspecified atom stereocenters. The Bertz CT molecular complexity index is 629. The van der Waals surface area contributed by atoms with Gasteiger partial charge in [0.15, 0.2) is 0 Å². The number of nitrogens with one attached hydrogen (secondary N) is 3. The van der Waals surface area contributed by atoms with Crippen LogP contribution < -0.4 is 21.7 Å². The Morgan fingerprint density at radius 3 is 1.81 bits per heavy atom. The lowest BCUT2D eigenvalue weighted by Crippen LogP contribution is -2.60. The van der Waals surface area contributed by atoms with Gasteiger partial charge in [-0.1, -0.05) is 27.7 Å². The average molecular weight is 477 g/mol. The van der Waals surface area contributed by atoms with E-state index in [0.29, 0.717) is 12.2 Å². The van der Waals surface area contributed by atoms with Gasteiger partial charge in [-0.15, -0.1) is 0 Å². The van der Waals surface area contributed by atoms with Crippen molar-refractivity contribution in [1.29, 1.82) is 0 Å². The predicted molar refractivity (Wildman–Crippen MR) is 125 cm³/mol. The minimum atomic E-state index is -1.31. The Morgan fingerprint density at radius 1 is 0.844 bits per heavy atom. The number of carboxylic acid groups (broad SMARTS) is 1. The molecule has 0 saturated carbocycles. The van der Waals surface area contributed by atoms with Crippen LogP contribution in [0.4, 0.5) is 0 Å². The Morgan fingerprint density at radius 2 is 1.38 bits per heavy atom. The molecule has 0 heterocycles. The zero-order valence-electron chi connectivity index (χ0n) is 19.9. The number of carboxylic acids is 1. The summed E-state index contributed by atoms with van der Waals surface area (Å²) < 4.78 is 0. The van der Waals surface area contributed by atoms with Crippen LogP contribution in [0.2, 0.25) is 0 Å². The topological polar surface area (TPSA) is 171 Å². The first kappa shape index (κ1) is 30.1. The Hall–Kier alpha value is -1.85. The number of aliphatic hydroxyl groups is 1. The lowest BCUT2D eigenvalue weighted by molar-refractivity contribution is -0.143. The van der Waals surface area contributed by atoms with E-state index in [0.717, 1.165) is 0 Å². The predicted octanol–water partition coefficient (Wildman–Crippen LogP) is 0.0788. The lowest BCUT2D eigenvalue weighted by Gasteiger charge is -2.27. The summed E-state index contributed by atoms with van der Waals surface area (Å²) in [6, 6.07) is -4.26. The largest absolute Gasteiger partial charge is 0.480 e. The molecule has 0 saturated heterocycles. The molecule has 0 aromatic heterocycles. The van der Waals surface area contributed by atoms with Gasteiger partial charge in [-0.25, -0.2) is 4.79 Å². The third kappa shape index (κ3) is 11.7. The molecule has 0 radical (unpaired) electrons. The first-order valence-electron chi connectivity index (χ1n) is 10.9. The van der Waals surface area contributed by atoms with Gasteiger partial charge in [0.05, 0.1) is 12.1 Å². The van der Waals surface area contributed by atoms with Gasteiger partial charge in [0.1, 0.15) is 18.1 Å². The number of carbonyl (C=O) groups is 4. The van der Waals surface area contributed by atoms with E-state index in [-0.39, 0.29) is 24.7 Å². The highest BCUT2D eigenvalue weighted by Gasteiger charge is 2.32. The van der Waals surface area contributed by atoms with Crippen LogP contribution >= 0.6 is 11.8 Å². The van der Waals surface area contributed by atoms with Crippen LogP contribution in [0.1, 0.15) is 53.9 Å². The zero-order valence-corrected chi connectivity index (χ0v) is 20.7. The summed E-state index contributed by atoms with van der Waals surface area (Å²) in [7, 11) is 0. The van der Waals surface area contributed by atoms with E-state index in [1.165, 1.54) is 18.7 Å². The number of amides is 3. The number of aliphatic hydroxyl groups excluding tert-OH is 1. The molecule has 186 valence electrons. The van der Waals surface area contributed by atoms with Crippen molar-refractivity contribution in [2.24, 2.45) is 17.6 Å². The molecule has 0 bridgehead atoms. The van der Waals surface area contributed by atoms with Crippen molar-refractivity contribution in [2.75, 3.05) is 12.0 Å². The van der Waals surface area contributed by atoms with Crippen molar-refractivity contribution in [3.05, 3.63) is 0 Å². The van der Waals surface area contributed by atoms with Crippen molar-refractivity contribution >= 4 is 35.5 Å². The van der Waals surface area contributed by atoms with E-state index in [1.54, 1.807) is 0 Å². The molecule has 0 aromatic carbocycles. The standard InChI is InChI=1S/C21H40N4O6S/c1-11(2)9-14(22)18(27)25-17(13(5)26)20(29)23-15(7-8-32-6)19(28)24-16(21(30)31)10-12(3)4/h11-17,26H,7-10,22H2,1-6H3,(H,23,29)(H,24,28)(H,25,27)(H,30,31). The van der Waals surface area contributed by atoms with Gasteiger partial charge in [0.2, 0.25) is 17.7 Å². The Labute approximate surface area is 194 Å². The molecule has 5 atom stereocenters. The van der Waals surface area contributed by atoms with E-state index >= 15 is 0 Å². The van der Waals surface area contributed by atoms with E-state index in [4.69, 9.17) is 5.73 Å². The van der Waals surface area contributed by atoms with Crippen molar-refractivity contribution in [3.63, 3.8) is 0 Å². The summed E-state index contributed by atoms with van der Waals surface area (Å²) in [5.74, 6) is -2.37. The Balaban J connectivity index is 5.37. The average Bonchev–Trinajstić information content (AvgIpc) is 2.66. The molecule has 0 aliphatic carbocycles. The summed E-state index contributed by atoms with van der Waals surface area (Å²) in [5, 5.41) is 26.9. The number of thioether (sulfide) groups is 1. The summed E-state index contributed by atoms with van der Waals surface area (Å²) in [6.07, 6.45) is 1.50. The summed E-state index contributed by atoms with van der Waals surface area (Å²) in [4.78, 5) is 49.4. The molecule has 0 fully saturated rings. The third-order valence-electron chi connectivity index (χ3n) is 4.69. The van der Waals surface area contributed by atoms with Gasteiger partial charge in [-0.3, -0.25) is 14.4 Å². The van der Waals surface area contributed by atoms with Crippen LogP contribution in [0, 0.1) is 11.8 Å². The van der Waals surface area contributed by atoms with Crippen molar-refractivity contribution < 1.29 is 29.4 Å². The van der Waals surface area contributed by atoms with Gasteiger partial charge in [0.25, 0.3) is 0 Å². The van der Waals surface area contributed by atoms with Crippen LogP contribution in [-0.2, 0) is 19.2 Å². The fraction of sp³-hybridized carbons (Fsp3) is 0.810. The Kier molecular flexibility index (Phi) is 14.2. The molecule has 3 amide bonds. The van der Waals surface area contributed by atoms with E-state index in [1.807, 2.05) is 34.0 Å². The summed E-state index contributed by atoms with van der Waals surface area (Å²) in [5.41, 5.74) is 5.86. The zero-order chi connectivity index (χ0) is 25.0. The second-order valence-corrected chi connectivity index (χ2v) is 9.82. The van der Waals surface area contributed by atoms with Gasteiger partial charge < -0.3 is 31.9 Å². The second kappa shape index (κ2) is 15.1. The van der Waals surface area contributed by atoms with Crippen LogP contribution in [0.25, 0.3) is 0 Å². The summed E-state index contributed by atoms with van der Waals surface area (Å²) in [6.45, 7) is 8.85. The second-order valence-electron chi connectivity index (χ2n) is 8.83. The maximum atomic E-state index is 12.8. The van der Waals surface area contributed by atoms with E-state index in [2.05, 4.69) is 16.0 Å². The highest BCUT2D eigenvalue weighted by atomic mass is 32.2. The van der Waals surface area contributed by atoms with Gasteiger partial charge in [-0.05, 0) is 50.0 Å². The molecule has 0 spiro atoms. The normalized spacial score (nSPS) is 16.1. The molecule has 0 aromatic rings. The van der Waals surface area contributed by atoms with E-state index in [9.17, 15) is 29.4 Å². The maximum absolute atomic E-state index is 12.8. The van der Waals surface area contributed by atoms with Gasteiger partial charge in [-0.2, -0.15) is 11.8 Å². The van der Waals surface area contributed by atoms with Crippen molar-refractivity contribution in [1.82, 2.24) is 16.0 Å². The molecular weight excluding hydrogens is 436 g/mol. The molecule has 7 N–H and O–H groups in total. The minimum Gasteiger partial charge on any atom is -0.480 e. The third-order valence-corrected chi connectivity index (χ3v) is 5.33. The number of hydrogen-bond acceptors (Lipinski definition) is 7. The highest BCUT2D eigenvalue weighted by Crippen LogP contribution is 2.08. The number of rotatable bonds is 15. The van der Waals surface area contributed by atoms with Crippen LogP contribution in [-0.4, -0.2) is 76.2 Å². The lowest BCUT2D eigenvalue weighted by atomic mass is 10.0. The SMILES string of the molecule is CSCCC(NC(=O)C(NC(=O)C(N)CC(C)C)C(C)O)C(=O)NC(CC(C)C)C(=O)O. The van der Waals surface area contributed by atoms with Gasteiger partial charge in [0, 0.05) is 0 Å². The number of aliphatic carboxylic acids is 1. The first-order valence-corrected chi connectivity index (χ1v) is 12.3. The molecule has 10 nitrogen and oxygen atoms in total. The highest BCUT2D eigenvalue weighted by molar-refractivity contribution is 7.98. The monoisotopic (exact) mass is 476 g/mol. The van der Waals surface area contributed by atoms with Crippen LogP contribution in [0.5, 0.6) is 0 Å². The summed E-state index contributed by atoms with van der Waals surface area (Å²) >= 11 is 1.46. The van der Waals surface area contributed by atoms with Crippen molar-refractivity contribution in [2.45, 2.75) is 84.2 Å². The quantitative estimate of drug-likeness (QED) is 0.193. The fourth-order valence-electron chi connectivity index (χ4n) is 3.01. The molecule has 11 heteroatoms. The number of hydrogen-bond donors (Lipinski definition) is 6. The molecule has 32 heavy (non-hydrogen) atoms.